The minimum atomic E-state index is -0.226. The van der Waals surface area contributed by atoms with Crippen molar-refractivity contribution < 1.29 is 9.94 Å². The van der Waals surface area contributed by atoms with E-state index in [4.69, 9.17) is 9.94 Å². The third kappa shape index (κ3) is 1.94. The minimum absolute atomic E-state index is 0.00302. The van der Waals surface area contributed by atoms with Gasteiger partial charge < -0.3 is 5.11 Å². The van der Waals surface area contributed by atoms with Crippen LogP contribution in [0.5, 0.6) is 0 Å². The van der Waals surface area contributed by atoms with Crippen molar-refractivity contribution in [3.8, 4) is 0 Å². The van der Waals surface area contributed by atoms with E-state index < -0.39 is 0 Å². The molecule has 1 aromatic rings. The van der Waals surface area contributed by atoms with Crippen molar-refractivity contribution in [1.29, 1.82) is 0 Å². The lowest BCUT2D eigenvalue weighted by Crippen LogP contribution is -2.14. The highest BCUT2D eigenvalue weighted by Crippen LogP contribution is 2.28. The SMILES string of the molecule is OCC1C=C(c2ccc(Br)s2)NO1. The van der Waals surface area contributed by atoms with Crippen molar-refractivity contribution in [2.24, 2.45) is 0 Å². The summed E-state index contributed by atoms with van der Waals surface area (Å²) in [7, 11) is 0. The largest absolute Gasteiger partial charge is 0.393 e. The third-order valence-electron chi connectivity index (χ3n) is 1.69. The van der Waals surface area contributed by atoms with Gasteiger partial charge in [0.05, 0.1) is 21.0 Å². The summed E-state index contributed by atoms with van der Waals surface area (Å²) in [5.41, 5.74) is 3.70. The molecule has 0 amide bonds. The number of thiophene rings is 1. The highest BCUT2D eigenvalue weighted by Gasteiger charge is 2.17. The summed E-state index contributed by atoms with van der Waals surface area (Å²) in [5.74, 6) is 0. The molecular formula is C8H8BrNO2S. The van der Waals surface area contributed by atoms with Gasteiger partial charge in [0, 0.05) is 0 Å². The Kier molecular flexibility index (Phi) is 2.69. The molecule has 0 spiro atoms. The van der Waals surface area contributed by atoms with Crippen molar-refractivity contribution in [3.63, 3.8) is 0 Å². The van der Waals surface area contributed by atoms with Crippen molar-refractivity contribution in [2.45, 2.75) is 6.10 Å². The fourth-order valence-electron chi connectivity index (χ4n) is 1.07. The van der Waals surface area contributed by atoms with Gasteiger partial charge in [0.1, 0.15) is 6.10 Å². The number of aliphatic hydroxyl groups is 1. The molecule has 0 radical (unpaired) electrons. The number of hydrogen-bond acceptors (Lipinski definition) is 4. The summed E-state index contributed by atoms with van der Waals surface area (Å²) in [5, 5.41) is 8.82. The Morgan fingerprint density at radius 3 is 3.00 bits per heavy atom. The van der Waals surface area contributed by atoms with E-state index in [9.17, 15) is 0 Å². The lowest BCUT2D eigenvalue weighted by atomic mass is 10.3. The number of aliphatic hydroxyl groups excluding tert-OH is 1. The molecule has 0 saturated carbocycles. The number of nitrogens with one attached hydrogen (secondary N) is 1. The van der Waals surface area contributed by atoms with Gasteiger partial charge in [-0.2, -0.15) is 0 Å². The molecule has 0 saturated heterocycles. The zero-order valence-electron chi connectivity index (χ0n) is 6.66. The van der Waals surface area contributed by atoms with E-state index in [1.54, 1.807) is 11.3 Å². The Morgan fingerprint density at radius 1 is 1.62 bits per heavy atom. The van der Waals surface area contributed by atoms with Crippen LogP contribution < -0.4 is 5.48 Å². The Bertz CT molecular complexity index is 337. The van der Waals surface area contributed by atoms with Gasteiger partial charge in [-0.15, -0.1) is 11.3 Å². The lowest BCUT2D eigenvalue weighted by molar-refractivity contribution is 0.0174. The van der Waals surface area contributed by atoms with Gasteiger partial charge in [-0.3, -0.25) is 10.3 Å². The number of halogens is 1. The number of rotatable bonds is 2. The molecular weight excluding hydrogens is 254 g/mol. The van der Waals surface area contributed by atoms with Gasteiger partial charge in [-0.25, -0.2) is 0 Å². The fraction of sp³-hybridized carbons (Fsp3) is 0.250. The van der Waals surface area contributed by atoms with Crippen LogP contribution in [0, 0.1) is 0 Å². The predicted octanol–water partition coefficient (Wildman–Crippen LogP) is 1.75. The molecule has 1 atom stereocenters. The average Bonchev–Trinajstić information content (AvgIpc) is 2.71. The van der Waals surface area contributed by atoms with Crippen LogP contribution in [0.25, 0.3) is 5.70 Å². The maximum atomic E-state index is 8.82. The second-order valence-electron chi connectivity index (χ2n) is 2.63. The number of hydrogen-bond donors (Lipinski definition) is 2. The van der Waals surface area contributed by atoms with Crippen LogP contribution in [0.3, 0.4) is 0 Å². The van der Waals surface area contributed by atoms with Gasteiger partial charge in [-0.05, 0) is 34.1 Å². The van der Waals surface area contributed by atoms with Gasteiger partial charge in [0.25, 0.3) is 0 Å². The zero-order chi connectivity index (χ0) is 9.26. The highest BCUT2D eigenvalue weighted by atomic mass is 79.9. The van der Waals surface area contributed by atoms with Crippen molar-refractivity contribution >= 4 is 33.0 Å². The molecule has 1 aromatic heterocycles. The van der Waals surface area contributed by atoms with Gasteiger partial charge in [0.2, 0.25) is 0 Å². The molecule has 5 heteroatoms. The van der Waals surface area contributed by atoms with E-state index in [1.807, 2.05) is 18.2 Å². The molecule has 2 rings (SSSR count). The van der Waals surface area contributed by atoms with Crippen LogP contribution in [0.4, 0.5) is 0 Å². The van der Waals surface area contributed by atoms with Crippen LogP contribution in [0.1, 0.15) is 4.88 Å². The van der Waals surface area contributed by atoms with Crippen LogP contribution >= 0.6 is 27.3 Å². The molecule has 1 aliphatic heterocycles. The van der Waals surface area contributed by atoms with Crippen molar-refractivity contribution in [1.82, 2.24) is 5.48 Å². The van der Waals surface area contributed by atoms with E-state index in [1.165, 1.54) is 0 Å². The normalized spacial score (nSPS) is 21.4. The molecule has 1 aliphatic rings. The van der Waals surface area contributed by atoms with E-state index in [0.717, 1.165) is 14.4 Å². The van der Waals surface area contributed by atoms with Crippen molar-refractivity contribution in [2.75, 3.05) is 6.61 Å². The second kappa shape index (κ2) is 3.79. The molecule has 2 heterocycles. The maximum absolute atomic E-state index is 8.82. The summed E-state index contributed by atoms with van der Waals surface area (Å²) in [6, 6.07) is 3.98. The average molecular weight is 262 g/mol. The molecule has 1 unspecified atom stereocenters. The molecule has 0 aliphatic carbocycles. The van der Waals surface area contributed by atoms with Crippen LogP contribution in [0.15, 0.2) is 22.0 Å². The smallest absolute Gasteiger partial charge is 0.129 e. The van der Waals surface area contributed by atoms with Gasteiger partial charge in [0.15, 0.2) is 0 Å². The zero-order valence-corrected chi connectivity index (χ0v) is 9.06. The standard InChI is InChI=1S/C8H8BrNO2S/c9-8-2-1-7(13-8)6-3-5(4-11)12-10-6/h1-3,5,10-11H,4H2. The fourth-order valence-corrected chi connectivity index (χ4v) is 2.43. The summed E-state index contributed by atoms with van der Waals surface area (Å²) in [6.45, 7) is 0.00302. The second-order valence-corrected chi connectivity index (χ2v) is 5.09. The maximum Gasteiger partial charge on any atom is 0.129 e. The molecule has 0 fully saturated rings. The van der Waals surface area contributed by atoms with Crippen molar-refractivity contribution in [3.05, 3.63) is 26.9 Å². The first-order valence-corrected chi connectivity index (χ1v) is 5.40. The summed E-state index contributed by atoms with van der Waals surface area (Å²) >= 11 is 5.01. The summed E-state index contributed by atoms with van der Waals surface area (Å²) < 4.78 is 1.08. The third-order valence-corrected chi connectivity index (χ3v) is 3.35. The molecule has 0 aromatic carbocycles. The lowest BCUT2D eigenvalue weighted by Gasteiger charge is -2.01. The van der Waals surface area contributed by atoms with E-state index >= 15 is 0 Å². The Labute approximate surface area is 88.1 Å². The molecule has 70 valence electrons. The van der Waals surface area contributed by atoms with E-state index in [0.29, 0.717) is 0 Å². The molecule has 13 heavy (non-hydrogen) atoms. The Morgan fingerprint density at radius 2 is 2.46 bits per heavy atom. The number of hydroxylamine groups is 1. The van der Waals surface area contributed by atoms with E-state index in [-0.39, 0.29) is 12.7 Å². The first kappa shape index (κ1) is 9.21. The summed E-state index contributed by atoms with van der Waals surface area (Å²) in [4.78, 5) is 6.18. The monoisotopic (exact) mass is 261 g/mol. The molecule has 2 N–H and O–H groups in total. The molecule has 0 bridgehead atoms. The van der Waals surface area contributed by atoms with Crippen LogP contribution in [-0.2, 0) is 4.84 Å². The van der Waals surface area contributed by atoms with Crippen LogP contribution in [-0.4, -0.2) is 17.8 Å². The topological polar surface area (TPSA) is 41.5 Å². The predicted molar refractivity (Wildman–Crippen MR) is 55.1 cm³/mol. The van der Waals surface area contributed by atoms with Gasteiger partial charge >= 0.3 is 0 Å². The molecule has 3 nitrogen and oxygen atoms in total. The Balaban J connectivity index is 2.19. The highest BCUT2D eigenvalue weighted by molar-refractivity contribution is 9.11. The first-order chi connectivity index (χ1) is 6.29. The quantitative estimate of drug-likeness (QED) is 0.853. The summed E-state index contributed by atoms with van der Waals surface area (Å²) in [6.07, 6.45) is 1.65. The minimum Gasteiger partial charge on any atom is -0.393 e. The first-order valence-electron chi connectivity index (χ1n) is 3.79. The van der Waals surface area contributed by atoms with E-state index in [2.05, 4.69) is 21.4 Å². The van der Waals surface area contributed by atoms with Crippen LogP contribution in [0.2, 0.25) is 0 Å². The van der Waals surface area contributed by atoms with Gasteiger partial charge in [-0.1, -0.05) is 0 Å². The Hall–Kier alpha value is -0.360.